The third kappa shape index (κ3) is 3.66. The van der Waals surface area contributed by atoms with Gasteiger partial charge in [0, 0.05) is 6.04 Å². The van der Waals surface area contributed by atoms with Gasteiger partial charge in [0.05, 0.1) is 5.56 Å². The Balaban J connectivity index is 2.27. The molecule has 6 heteroatoms. The highest BCUT2D eigenvalue weighted by Gasteiger charge is 2.33. The Morgan fingerprint density at radius 1 is 1.33 bits per heavy atom. The van der Waals surface area contributed by atoms with Gasteiger partial charge >= 0.3 is 6.18 Å². The predicted molar refractivity (Wildman–Crippen MR) is 73.6 cm³/mol. The zero-order chi connectivity index (χ0) is 15.5. The molecule has 2 rings (SSSR count). The molecule has 0 spiro atoms. The van der Waals surface area contributed by atoms with E-state index < -0.39 is 11.9 Å². The molecule has 1 aliphatic carbocycles. The van der Waals surface area contributed by atoms with Crippen LogP contribution in [0, 0.1) is 17.2 Å². The SMILES string of the molecule is CCC1CCCCC1Nc1nc(C(F)(F)F)ccc1C#N. The summed E-state index contributed by atoms with van der Waals surface area (Å²) in [5.41, 5.74) is -0.809. The third-order valence-electron chi connectivity index (χ3n) is 4.06. The quantitative estimate of drug-likeness (QED) is 0.902. The van der Waals surface area contributed by atoms with E-state index in [0.29, 0.717) is 5.92 Å². The molecule has 1 N–H and O–H groups in total. The lowest BCUT2D eigenvalue weighted by Gasteiger charge is -2.32. The van der Waals surface area contributed by atoms with E-state index in [2.05, 4.69) is 17.2 Å². The summed E-state index contributed by atoms with van der Waals surface area (Å²) in [5, 5.41) is 12.1. The highest BCUT2D eigenvalue weighted by Crippen LogP contribution is 2.32. The molecule has 21 heavy (non-hydrogen) atoms. The fourth-order valence-corrected chi connectivity index (χ4v) is 2.88. The molecule has 0 aromatic carbocycles. The summed E-state index contributed by atoms with van der Waals surface area (Å²) in [6.07, 6.45) is 0.642. The first-order chi connectivity index (χ1) is 9.95. The lowest BCUT2D eigenvalue weighted by atomic mass is 9.83. The van der Waals surface area contributed by atoms with Gasteiger partial charge in [0.15, 0.2) is 0 Å². The van der Waals surface area contributed by atoms with Crippen LogP contribution >= 0.6 is 0 Å². The summed E-state index contributed by atoms with van der Waals surface area (Å²) in [4.78, 5) is 3.62. The van der Waals surface area contributed by atoms with E-state index in [1.54, 1.807) is 0 Å². The summed E-state index contributed by atoms with van der Waals surface area (Å²) in [7, 11) is 0. The van der Waals surface area contributed by atoms with Crippen LogP contribution in [0.25, 0.3) is 0 Å². The molecule has 1 aliphatic rings. The van der Waals surface area contributed by atoms with Crippen molar-refractivity contribution >= 4 is 5.82 Å². The van der Waals surface area contributed by atoms with E-state index in [0.717, 1.165) is 38.2 Å². The van der Waals surface area contributed by atoms with Crippen molar-refractivity contribution in [2.45, 2.75) is 51.2 Å². The number of hydrogen-bond donors (Lipinski definition) is 1. The van der Waals surface area contributed by atoms with E-state index in [-0.39, 0.29) is 17.4 Å². The van der Waals surface area contributed by atoms with E-state index in [1.165, 1.54) is 6.07 Å². The molecular formula is C15H18F3N3. The molecule has 2 atom stereocenters. The highest BCUT2D eigenvalue weighted by atomic mass is 19.4. The van der Waals surface area contributed by atoms with Gasteiger partial charge in [0.1, 0.15) is 17.6 Å². The average molecular weight is 297 g/mol. The summed E-state index contributed by atoms with van der Waals surface area (Å²) < 4.78 is 38.3. The van der Waals surface area contributed by atoms with Crippen molar-refractivity contribution in [3.8, 4) is 6.07 Å². The van der Waals surface area contributed by atoms with E-state index >= 15 is 0 Å². The molecule has 2 unspecified atom stereocenters. The Kier molecular flexibility index (Phi) is 4.71. The first kappa shape index (κ1) is 15.6. The molecule has 0 bridgehead atoms. The van der Waals surface area contributed by atoms with Gasteiger partial charge < -0.3 is 5.32 Å². The molecule has 3 nitrogen and oxygen atoms in total. The van der Waals surface area contributed by atoms with Crippen molar-refractivity contribution in [1.29, 1.82) is 5.26 Å². The number of aromatic nitrogens is 1. The van der Waals surface area contributed by atoms with Crippen molar-refractivity contribution in [2.24, 2.45) is 5.92 Å². The first-order valence-corrected chi connectivity index (χ1v) is 7.20. The lowest BCUT2D eigenvalue weighted by Crippen LogP contribution is -2.32. The smallest absolute Gasteiger partial charge is 0.366 e. The molecule has 1 heterocycles. The van der Waals surface area contributed by atoms with Gasteiger partial charge in [0.25, 0.3) is 0 Å². The Hall–Kier alpha value is -1.77. The number of halogens is 3. The molecular weight excluding hydrogens is 279 g/mol. The minimum Gasteiger partial charge on any atom is -0.366 e. The van der Waals surface area contributed by atoms with Crippen LogP contribution in [0.1, 0.15) is 50.3 Å². The molecule has 1 saturated carbocycles. The van der Waals surface area contributed by atoms with Crippen LogP contribution in [0.4, 0.5) is 19.0 Å². The van der Waals surface area contributed by atoms with Crippen LogP contribution in [-0.4, -0.2) is 11.0 Å². The Morgan fingerprint density at radius 2 is 2.05 bits per heavy atom. The molecule has 0 amide bonds. The van der Waals surface area contributed by atoms with E-state index in [9.17, 15) is 13.2 Å². The fraction of sp³-hybridized carbons (Fsp3) is 0.600. The van der Waals surface area contributed by atoms with E-state index in [4.69, 9.17) is 5.26 Å². The minimum atomic E-state index is -4.50. The highest BCUT2D eigenvalue weighted by molar-refractivity contribution is 5.53. The summed E-state index contributed by atoms with van der Waals surface area (Å²) >= 11 is 0. The maximum Gasteiger partial charge on any atom is 0.433 e. The molecule has 0 radical (unpaired) electrons. The number of nitrogens with zero attached hydrogens (tertiary/aromatic N) is 2. The second-order valence-electron chi connectivity index (χ2n) is 5.41. The van der Waals surface area contributed by atoms with Gasteiger partial charge in [-0.25, -0.2) is 4.98 Å². The number of rotatable bonds is 3. The summed E-state index contributed by atoms with van der Waals surface area (Å²) in [6.45, 7) is 2.08. The molecule has 0 aliphatic heterocycles. The molecule has 1 aromatic heterocycles. The van der Waals surface area contributed by atoms with E-state index in [1.807, 2.05) is 6.07 Å². The van der Waals surface area contributed by atoms with Crippen LogP contribution in [0.5, 0.6) is 0 Å². The minimum absolute atomic E-state index is 0.0534. The monoisotopic (exact) mass is 297 g/mol. The number of hydrogen-bond acceptors (Lipinski definition) is 3. The van der Waals surface area contributed by atoms with Crippen molar-refractivity contribution in [3.63, 3.8) is 0 Å². The molecule has 0 saturated heterocycles. The van der Waals surface area contributed by atoms with Gasteiger partial charge in [0.2, 0.25) is 0 Å². The lowest BCUT2D eigenvalue weighted by molar-refractivity contribution is -0.141. The van der Waals surface area contributed by atoms with Crippen LogP contribution < -0.4 is 5.32 Å². The number of alkyl halides is 3. The normalized spacial score (nSPS) is 22.6. The maximum absolute atomic E-state index is 12.8. The van der Waals surface area contributed by atoms with Crippen LogP contribution in [0.3, 0.4) is 0 Å². The zero-order valence-electron chi connectivity index (χ0n) is 11.9. The molecule has 1 aromatic rings. The standard InChI is InChI=1S/C15H18F3N3/c1-2-10-5-3-4-6-12(10)20-14-11(9-19)7-8-13(21-14)15(16,17)18/h7-8,10,12H,2-6H2,1H3,(H,20,21). The first-order valence-electron chi connectivity index (χ1n) is 7.20. The third-order valence-corrected chi connectivity index (χ3v) is 4.06. The number of pyridine rings is 1. The molecule has 1 fully saturated rings. The summed E-state index contributed by atoms with van der Waals surface area (Å²) in [6, 6.07) is 4.03. The maximum atomic E-state index is 12.8. The van der Waals surface area contributed by atoms with Crippen molar-refractivity contribution in [1.82, 2.24) is 4.98 Å². The topological polar surface area (TPSA) is 48.7 Å². The van der Waals surface area contributed by atoms with Crippen LogP contribution in [0.2, 0.25) is 0 Å². The van der Waals surface area contributed by atoms with Gasteiger partial charge in [-0.2, -0.15) is 18.4 Å². The molecule has 114 valence electrons. The number of nitriles is 1. The average Bonchev–Trinajstić information content (AvgIpc) is 2.47. The predicted octanol–water partition coefficient (Wildman–Crippen LogP) is 4.35. The fourth-order valence-electron chi connectivity index (χ4n) is 2.88. The Bertz CT molecular complexity index is 534. The van der Waals surface area contributed by atoms with Gasteiger partial charge in [-0.15, -0.1) is 0 Å². The van der Waals surface area contributed by atoms with Gasteiger partial charge in [-0.05, 0) is 30.9 Å². The van der Waals surface area contributed by atoms with Crippen molar-refractivity contribution in [2.75, 3.05) is 5.32 Å². The Morgan fingerprint density at radius 3 is 2.67 bits per heavy atom. The van der Waals surface area contributed by atoms with Gasteiger partial charge in [-0.1, -0.05) is 26.2 Å². The van der Waals surface area contributed by atoms with Crippen LogP contribution in [-0.2, 0) is 6.18 Å². The number of nitrogens with one attached hydrogen (secondary N) is 1. The Labute approximate surface area is 122 Å². The van der Waals surface area contributed by atoms with Crippen molar-refractivity contribution < 1.29 is 13.2 Å². The number of anilines is 1. The van der Waals surface area contributed by atoms with Crippen molar-refractivity contribution in [3.05, 3.63) is 23.4 Å². The summed E-state index contributed by atoms with van der Waals surface area (Å²) in [5.74, 6) is 0.472. The second-order valence-corrected chi connectivity index (χ2v) is 5.41. The second kappa shape index (κ2) is 6.33. The zero-order valence-corrected chi connectivity index (χ0v) is 11.9. The largest absolute Gasteiger partial charge is 0.433 e. The van der Waals surface area contributed by atoms with Crippen LogP contribution in [0.15, 0.2) is 12.1 Å². The van der Waals surface area contributed by atoms with Gasteiger partial charge in [-0.3, -0.25) is 0 Å².